The summed E-state index contributed by atoms with van der Waals surface area (Å²) in [6, 6.07) is 7.82. The summed E-state index contributed by atoms with van der Waals surface area (Å²) < 4.78 is 0. The SMILES string of the molecule is CCNC(=O)NC1c2ccccc2CC1N. The molecule has 0 saturated carbocycles. The van der Waals surface area contributed by atoms with E-state index in [2.05, 4.69) is 16.7 Å². The molecule has 1 aromatic carbocycles. The van der Waals surface area contributed by atoms with E-state index in [4.69, 9.17) is 5.73 Å². The van der Waals surface area contributed by atoms with E-state index in [-0.39, 0.29) is 18.1 Å². The molecule has 0 fully saturated rings. The molecule has 4 N–H and O–H groups in total. The van der Waals surface area contributed by atoms with E-state index >= 15 is 0 Å². The van der Waals surface area contributed by atoms with Gasteiger partial charge < -0.3 is 16.4 Å². The second-order valence-electron chi connectivity index (χ2n) is 4.05. The van der Waals surface area contributed by atoms with Gasteiger partial charge in [0.1, 0.15) is 0 Å². The van der Waals surface area contributed by atoms with Crippen LogP contribution in [-0.4, -0.2) is 18.6 Å². The summed E-state index contributed by atoms with van der Waals surface area (Å²) in [7, 11) is 0. The number of hydrogen-bond acceptors (Lipinski definition) is 2. The third-order valence-electron chi connectivity index (χ3n) is 2.90. The first-order valence-electron chi connectivity index (χ1n) is 5.60. The number of nitrogens with two attached hydrogens (primary N) is 1. The smallest absolute Gasteiger partial charge is 0.315 e. The molecule has 2 amide bonds. The number of rotatable bonds is 2. The normalized spacial score (nSPS) is 22.6. The maximum atomic E-state index is 11.5. The molecule has 2 unspecified atom stereocenters. The third-order valence-corrected chi connectivity index (χ3v) is 2.90. The van der Waals surface area contributed by atoms with Crippen LogP contribution in [-0.2, 0) is 6.42 Å². The maximum Gasteiger partial charge on any atom is 0.315 e. The number of hydrogen-bond donors (Lipinski definition) is 3. The minimum atomic E-state index is -0.153. The highest BCUT2D eigenvalue weighted by Gasteiger charge is 2.30. The molecule has 4 heteroatoms. The average Bonchev–Trinajstić information content (AvgIpc) is 2.56. The monoisotopic (exact) mass is 219 g/mol. The van der Waals surface area contributed by atoms with E-state index in [1.54, 1.807) is 0 Å². The molecule has 2 atom stereocenters. The molecule has 0 aromatic heterocycles. The van der Waals surface area contributed by atoms with Gasteiger partial charge in [0.2, 0.25) is 0 Å². The van der Waals surface area contributed by atoms with Gasteiger partial charge in [-0.3, -0.25) is 0 Å². The summed E-state index contributed by atoms with van der Waals surface area (Å²) in [4.78, 5) is 11.5. The Hall–Kier alpha value is -1.55. The molecular weight excluding hydrogens is 202 g/mol. The zero-order valence-corrected chi connectivity index (χ0v) is 9.36. The van der Waals surface area contributed by atoms with Gasteiger partial charge in [-0.2, -0.15) is 0 Å². The molecule has 0 saturated heterocycles. The van der Waals surface area contributed by atoms with Gasteiger partial charge in [-0.05, 0) is 24.5 Å². The predicted octanol–water partition coefficient (Wildman–Crippen LogP) is 0.930. The lowest BCUT2D eigenvalue weighted by Gasteiger charge is -2.18. The number of carbonyl (C=O) groups excluding carboxylic acids is 1. The summed E-state index contributed by atoms with van der Waals surface area (Å²) in [5.74, 6) is 0. The third kappa shape index (κ3) is 2.02. The Bertz CT molecular complexity index is 392. The minimum Gasteiger partial charge on any atom is -0.338 e. The van der Waals surface area contributed by atoms with Crippen LogP contribution in [0.4, 0.5) is 4.79 Å². The van der Waals surface area contributed by atoms with Gasteiger partial charge in [0.15, 0.2) is 0 Å². The lowest BCUT2D eigenvalue weighted by Crippen LogP contribution is -2.43. The molecule has 86 valence electrons. The minimum absolute atomic E-state index is 0.0278. The summed E-state index contributed by atoms with van der Waals surface area (Å²) >= 11 is 0. The van der Waals surface area contributed by atoms with Crippen molar-refractivity contribution < 1.29 is 4.79 Å². The highest BCUT2D eigenvalue weighted by atomic mass is 16.2. The van der Waals surface area contributed by atoms with Crippen molar-refractivity contribution in [1.82, 2.24) is 10.6 Å². The molecule has 0 heterocycles. The van der Waals surface area contributed by atoms with Gasteiger partial charge >= 0.3 is 6.03 Å². The van der Waals surface area contributed by atoms with Gasteiger partial charge in [-0.15, -0.1) is 0 Å². The number of benzene rings is 1. The number of amides is 2. The van der Waals surface area contributed by atoms with E-state index in [0.717, 1.165) is 12.0 Å². The van der Waals surface area contributed by atoms with Crippen molar-refractivity contribution in [3.8, 4) is 0 Å². The Morgan fingerprint density at radius 1 is 1.50 bits per heavy atom. The summed E-state index contributed by atoms with van der Waals surface area (Å²) in [5, 5.41) is 5.63. The molecule has 0 spiro atoms. The predicted molar refractivity (Wildman–Crippen MR) is 63.1 cm³/mol. The van der Waals surface area contributed by atoms with Crippen LogP contribution in [0.1, 0.15) is 24.1 Å². The van der Waals surface area contributed by atoms with Crippen LogP contribution in [0.2, 0.25) is 0 Å². The van der Waals surface area contributed by atoms with E-state index < -0.39 is 0 Å². The lowest BCUT2D eigenvalue weighted by atomic mass is 10.1. The van der Waals surface area contributed by atoms with Crippen LogP contribution in [0.3, 0.4) is 0 Å². The molecule has 1 aliphatic rings. The van der Waals surface area contributed by atoms with Gasteiger partial charge in [-0.25, -0.2) is 4.79 Å². The molecule has 2 rings (SSSR count). The Balaban J connectivity index is 2.13. The van der Waals surface area contributed by atoms with Gasteiger partial charge in [-0.1, -0.05) is 24.3 Å². The molecule has 16 heavy (non-hydrogen) atoms. The highest BCUT2D eigenvalue weighted by Crippen LogP contribution is 2.29. The molecule has 0 radical (unpaired) electrons. The molecular formula is C12H17N3O. The van der Waals surface area contributed by atoms with Crippen molar-refractivity contribution in [3.63, 3.8) is 0 Å². The Kier molecular flexibility index (Phi) is 3.10. The zero-order valence-electron chi connectivity index (χ0n) is 9.36. The topological polar surface area (TPSA) is 67.2 Å². The van der Waals surface area contributed by atoms with Crippen molar-refractivity contribution in [2.45, 2.75) is 25.4 Å². The summed E-state index contributed by atoms with van der Waals surface area (Å²) in [5.41, 5.74) is 8.40. The maximum absolute atomic E-state index is 11.5. The first-order valence-corrected chi connectivity index (χ1v) is 5.60. The standard InChI is InChI=1S/C12H17N3O/c1-2-14-12(16)15-11-9-6-4-3-5-8(9)7-10(11)13/h3-6,10-11H,2,7,13H2,1H3,(H2,14,15,16). The summed E-state index contributed by atoms with van der Waals surface area (Å²) in [6.45, 7) is 2.51. The van der Waals surface area contributed by atoms with E-state index in [9.17, 15) is 4.79 Å². The second-order valence-corrected chi connectivity index (χ2v) is 4.05. The van der Waals surface area contributed by atoms with Gasteiger partial charge in [0.05, 0.1) is 6.04 Å². The average molecular weight is 219 g/mol. The number of fused-ring (bicyclic) bond motifs is 1. The first-order chi connectivity index (χ1) is 7.72. The van der Waals surface area contributed by atoms with Gasteiger partial charge in [0, 0.05) is 12.6 Å². The molecule has 4 nitrogen and oxygen atoms in total. The van der Waals surface area contributed by atoms with Crippen molar-refractivity contribution in [2.24, 2.45) is 5.73 Å². The van der Waals surface area contributed by atoms with Crippen LogP contribution in [0.25, 0.3) is 0 Å². The van der Waals surface area contributed by atoms with Crippen LogP contribution in [0, 0.1) is 0 Å². The zero-order chi connectivity index (χ0) is 11.5. The van der Waals surface area contributed by atoms with Crippen LogP contribution >= 0.6 is 0 Å². The Morgan fingerprint density at radius 2 is 2.25 bits per heavy atom. The second kappa shape index (κ2) is 4.53. The van der Waals surface area contributed by atoms with E-state index in [1.807, 2.05) is 25.1 Å². The first kappa shape index (κ1) is 11.0. The van der Waals surface area contributed by atoms with Crippen molar-refractivity contribution in [3.05, 3.63) is 35.4 Å². The molecule has 0 bridgehead atoms. The number of nitrogens with one attached hydrogen (secondary N) is 2. The molecule has 1 aromatic rings. The van der Waals surface area contributed by atoms with Crippen LogP contribution < -0.4 is 16.4 Å². The van der Waals surface area contributed by atoms with Crippen molar-refractivity contribution in [1.29, 1.82) is 0 Å². The largest absolute Gasteiger partial charge is 0.338 e. The van der Waals surface area contributed by atoms with E-state index in [1.165, 1.54) is 5.56 Å². The highest BCUT2D eigenvalue weighted by molar-refractivity contribution is 5.74. The summed E-state index contributed by atoms with van der Waals surface area (Å²) in [6.07, 6.45) is 0.827. The molecule has 1 aliphatic carbocycles. The fourth-order valence-electron chi connectivity index (χ4n) is 2.16. The fourth-order valence-corrected chi connectivity index (χ4v) is 2.16. The Morgan fingerprint density at radius 3 is 3.00 bits per heavy atom. The van der Waals surface area contributed by atoms with Crippen molar-refractivity contribution in [2.75, 3.05) is 6.54 Å². The van der Waals surface area contributed by atoms with Crippen LogP contribution in [0.5, 0.6) is 0 Å². The number of urea groups is 1. The number of carbonyl (C=O) groups is 1. The lowest BCUT2D eigenvalue weighted by molar-refractivity contribution is 0.236. The Labute approximate surface area is 95.2 Å². The van der Waals surface area contributed by atoms with Crippen molar-refractivity contribution >= 4 is 6.03 Å². The van der Waals surface area contributed by atoms with Gasteiger partial charge in [0.25, 0.3) is 0 Å². The van der Waals surface area contributed by atoms with Crippen LogP contribution in [0.15, 0.2) is 24.3 Å². The molecule has 0 aliphatic heterocycles. The fraction of sp³-hybridized carbons (Fsp3) is 0.417. The van der Waals surface area contributed by atoms with E-state index in [0.29, 0.717) is 6.54 Å². The quantitative estimate of drug-likeness (QED) is 0.692.